The van der Waals surface area contributed by atoms with E-state index >= 15 is 0 Å². The van der Waals surface area contributed by atoms with Gasteiger partial charge in [-0.1, -0.05) is 45.9 Å². The van der Waals surface area contributed by atoms with E-state index in [9.17, 15) is 13.2 Å². The Balaban J connectivity index is 2.93. The Hall–Kier alpha value is -0.420. The monoisotopic (exact) mass is 310 g/mol. The van der Waals surface area contributed by atoms with E-state index < -0.39 is 11.7 Å². The van der Waals surface area contributed by atoms with E-state index in [-0.39, 0.29) is 5.33 Å². The molecule has 1 aromatic carbocycles. The Bertz CT molecular complexity index is 371. The molecule has 0 unspecified atom stereocenters. The molecule has 0 atom stereocenters. The summed E-state index contributed by atoms with van der Waals surface area (Å²) in [6.45, 7) is 1.10. The molecular formula is C11H10BrF3S. The van der Waals surface area contributed by atoms with Crippen molar-refractivity contribution in [3.63, 3.8) is 0 Å². The lowest BCUT2D eigenvalue weighted by molar-refractivity contribution is -0.0916. The highest BCUT2D eigenvalue weighted by Crippen LogP contribution is 2.36. The minimum atomic E-state index is -4.26. The number of hydrogen-bond acceptors (Lipinski definition) is 1. The Morgan fingerprint density at radius 3 is 2.25 bits per heavy atom. The Morgan fingerprint density at radius 1 is 1.25 bits per heavy atom. The van der Waals surface area contributed by atoms with Crippen LogP contribution in [0.2, 0.25) is 0 Å². The molecule has 0 fully saturated rings. The largest absolute Gasteiger partial charge is 0.413 e. The van der Waals surface area contributed by atoms with Crippen molar-refractivity contribution in [1.82, 2.24) is 0 Å². The predicted octanol–water partition coefficient (Wildman–Crippen LogP) is 5.01. The van der Waals surface area contributed by atoms with Crippen LogP contribution in [0.1, 0.15) is 6.92 Å². The minimum Gasteiger partial charge on any atom is -0.166 e. The van der Waals surface area contributed by atoms with Crippen molar-refractivity contribution in [2.45, 2.75) is 18.0 Å². The van der Waals surface area contributed by atoms with E-state index in [1.807, 2.05) is 6.07 Å². The molecule has 0 aliphatic rings. The molecule has 0 heterocycles. The van der Waals surface area contributed by atoms with Gasteiger partial charge in [-0.2, -0.15) is 13.2 Å². The maximum atomic E-state index is 12.5. The van der Waals surface area contributed by atoms with Crippen LogP contribution in [0.3, 0.4) is 0 Å². The zero-order chi connectivity index (χ0) is 12.2. The molecule has 0 amide bonds. The van der Waals surface area contributed by atoms with E-state index in [1.165, 1.54) is 0 Å². The molecule has 0 N–H and O–H groups in total. The third kappa shape index (κ3) is 3.87. The van der Waals surface area contributed by atoms with Crippen molar-refractivity contribution < 1.29 is 13.2 Å². The average Bonchev–Trinajstić information content (AvgIpc) is 2.25. The molecule has 1 rings (SSSR count). The van der Waals surface area contributed by atoms with Gasteiger partial charge in [0.2, 0.25) is 0 Å². The lowest BCUT2D eigenvalue weighted by Gasteiger charge is -2.12. The molecule has 0 radical (unpaired) electrons. The number of benzene rings is 1. The second-order valence-electron chi connectivity index (χ2n) is 3.09. The maximum absolute atomic E-state index is 12.5. The number of hydrogen-bond donors (Lipinski definition) is 0. The van der Waals surface area contributed by atoms with Crippen LogP contribution in [0, 0.1) is 0 Å². The second kappa shape index (κ2) is 5.77. The highest BCUT2D eigenvalue weighted by Gasteiger charge is 2.32. The van der Waals surface area contributed by atoms with Crippen LogP contribution >= 0.6 is 27.7 Å². The van der Waals surface area contributed by atoms with Gasteiger partial charge < -0.3 is 0 Å². The number of allylic oxidation sites excluding steroid dienone is 2. The standard InChI is InChI=1S/C11H10BrF3S/c1-8(11(13,14)15)10(7-12)16-9-5-3-2-4-6-9/h2-6H,7H2,1H3/b10-8+. The van der Waals surface area contributed by atoms with Gasteiger partial charge in [-0.3, -0.25) is 0 Å². The van der Waals surface area contributed by atoms with Crippen molar-refractivity contribution in [2.75, 3.05) is 5.33 Å². The fraction of sp³-hybridized carbons (Fsp3) is 0.273. The number of halogens is 4. The Kier molecular flexibility index (Phi) is 4.92. The first-order valence-corrected chi connectivity index (χ1v) is 6.44. The van der Waals surface area contributed by atoms with Crippen LogP contribution in [0.4, 0.5) is 13.2 Å². The molecule has 0 bridgehead atoms. The molecule has 5 heteroatoms. The summed E-state index contributed by atoms with van der Waals surface area (Å²) >= 11 is 4.22. The van der Waals surface area contributed by atoms with Gasteiger partial charge in [0.1, 0.15) is 0 Å². The molecule has 1 aromatic rings. The van der Waals surface area contributed by atoms with Gasteiger partial charge in [0.05, 0.1) is 0 Å². The van der Waals surface area contributed by atoms with Gasteiger partial charge in [0, 0.05) is 20.7 Å². The lowest BCUT2D eigenvalue weighted by Crippen LogP contribution is -2.11. The van der Waals surface area contributed by atoms with Crippen LogP contribution in [-0.4, -0.2) is 11.5 Å². The summed E-state index contributed by atoms with van der Waals surface area (Å²) in [5.74, 6) is 0. The summed E-state index contributed by atoms with van der Waals surface area (Å²) in [5, 5.41) is 0.206. The quantitative estimate of drug-likeness (QED) is 0.558. The molecule has 16 heavy (non-hydrogen) atoms. The van der Waals surface area contributed by atoms with Gasteiger partial charge >= 0.3 is 6.18 Å². The normalized spacial score (nSPS) is 13.6. The highest BCUT2D eigenvalue weighted by molar-refractivity contribution is 9.09. The number of rotatable bonds is 3. The van der Waals surface area contributed by atoms with E-state index in [2.05, 4.69) is 15.9 Å². The van der Waals surface area contributed by atoms with Crippen LogP contribution in [0.5, 0.6) is 0 Å². The number of thioether (sulfide) groups is 1. The fourth-order valence-corrected chi connectivity index (χ4v) is 2.66. The topological polar surface area (TPSA) is 0 Å². The minimum absolute atomic E-state index is 0.206. The van der Waals surface area contributed by atoms with Crippen LogP contribution < -0.4 is 0 Å². The van der Waals surface area contributed by atoms with Gasteiger partial charge in [-0.25, -0.2) is 0 Å². The van der Waals surface area contributed by atoms with E-state index in [0.29, 0.717) is 4.91 Å². The zero-order valence-electron chi connectivity index (χ0n) is 8.51. The third-order valence-corrected chi connectivity index (χ3v) is 4.09. The molecular weight excluding hydrogens is 301 g/mol. The summed E-state index contributed by atoms with van der Waals surface area (Å²) < 4.78 is 37.5. The number of alkyl halides is 4. The fourth-order valence-electron chi connectivity index (χ4n) is 0.993. The summed E-state index contributed by atoms with van der Waals surface area (Å²) in [6.07, 6.45) is -4.26. The van der Waals surface area contributed by atoms with Crippen LogP contribution in [0.25, 0.3) is 0 Å². The van der Waals surface area contributed by atoms with Gasteiger partial charge in [-0.05, 0) is 19.1 Å². The third-order valence-electron chi connectivity index (χ3n) is 1.95. The summed E-state index contributed by atoms with van der Waals surface area (Å²) in [4.78, 5) is 1.10. The first kappa shape index (κ1) is 13.6. The lowest BCUT2D eigenvalue weighted by atomic mass is 10.3. The highest BCUT2D eigenvalue weighted by atomic mass is 79.9. The van der Waals surface area contributed by atoms with Crippen LogP contribution in [-0.2, 0) is 0 Å². The Labute approximate surface area is 105 Å². The first-order chi connectivity index (χ1) is 7.45. The van der Waals surface area contributed by atoms with Gasteiger partial charge in [-0.15, -0.1) is 0 Å². The molecule has 0 aliphatic carbocycles. The average molecular weight is 311 g/mol. The summed E-state index contributed by atoms with van der Waals surface area (Å²) in [7, 11) is 0. The smallest absolute Gasteiger partial charge is 0.166 e. The maximum Gasteiger partial charge on any atom is 0.413 e. The molecule has 0 aromatic heterocycles. The Morgan fingerprint density at radius 2 is 1.81 bits per heavy atom. The molecule has 0 spiro atoms. The predicted molar refractivity (Wildman–Crippen MR) is 64.8 cm³/mol. The second-order valence-corrected chi connectivity index (χ2v) is 4.82. The van der Waals surface area contributed by atoms with E-state index in [1.54, 1.807) is 24.3 Å². The van der Waals surface area contributed by atoms with Crippen molar-refractivity contribution in [2.24, 2.45) is 0 Å². The van der Waals surface area contributed by atoms with Gasteiger partial charge in [0.25, 0.3) is 0 Å². The van der Waals surface area contributed by atoms with Crippen molar-refractivity contribution in [1.29, 1.82) is 0 Å². The van der Waals surface area contributed by atoms with E-state index in [4.69, 9.17) is 0 Å². The van der Waals surface area contributed by atoms with Gasteiger partial charge in [0.15, 0.2) is 0 Å². The van der Waals surface area contributed by atoms with Crippen molar-refractivity contribution >= 4 is 27.7 Å². The molecule has 0 saturated carbocycles. The van der Waals surface area contributed by atoms with Crippen molar-refractivity contribution in [3.8, 4) is 0 Å². The molecule has 0 aliphatic heterocycles. The summed E-state index contributed by atoms with van der Waals surface area (Å²) in [5.41, 5.74) is -0.543. The van der Waals surface area contributed by atoms with E-state index in [0.717, 1.165) is 23.6 Å². The molecule has 88 valence electrons. The van der Waals surface area contributed by atoms with Crippen molar-refractivity contribution in [3.05, 3.63) is 40.8 Å². The molecule has 0 nitrogen and oxygen atoms in total. The molecule has 0 saturated heterocycles. The SMILES string of the molecule is C/C(=C(/CBr)Sc1ccccc1)C(F)(F)F. The first-order valence-electron chi connectivity index (χ1n) is 4.51. The van der Waals surface area contributed by atoms with Crippen LogP contribution in [0.15, 0.2) is 45.7 Å². The zero-order valence-corrected chi connectivity index (χ0v) is 10.9. The summed E-state index contributed by atoms with van der Waals surface area (Å²) in [6, 6.07) is 9.01.